The first-order valence-corrected chi connectivity index (χ1v) is 8.43. The zero-order chi connectivity index (χ0) is 16.0. The molecular formula is C17H22N2O2S. The highest BCUT2D eigenvalue weighted by Crippen LogP contribution is 2.34. The lowest BCUT2D eigenvalue weighted by Gasteiger charge is -2.43. The third kappa shape index (κ3) is 2.48. The molecule has 0 aliphatic carbocycles. The second-order valence-corrected chi connectivity index (χ2v) is 7.54. The van der Waals surface area contributed by atoms with E-state index in [4.69, 9.17) is 0 Å². The summed E-state index contributed by atoms with van der Waals surface area (Å²) in [5.41, 5.74) is 1.58. The summed E-state index contributed by atoms with van der Waals surface area (Å²) in [6.07, 6.45) is 0. The standard InChI is InChI=1S/C17H22N2O2S/c1-10-8-19(9-11(2)18(10)4)13-5-6-15-14(7-13)16(17(20)21)12(3)22-15/h5-7,10-11H,8-9H2,1-4H3,(H,20,21)/t10-,11+. The highest BCUT2D eigenvalue weighted by Gasteiger charge is 2.27. The second kappa shape index (κ2) is 5.56. The van der Waals surface area contributed by atoms with Gasteiger partial charge in [-0.1, -0.05) is 0 Å². The van der Waals surface area contributed by atoms with Crippen molar-refractivity contribution in [3.05, 3.63) is 28.6 Å². The fraction of sp³-hybridized carbons (Fsp3) is 0.471. The Kier molecular flexibility index (Phi) is 3.87. The maximum atomic E-state index is 11.5. The first-order valence-electron chi connectivity index (χ1n) is 7.61. The van der Waals surface area contributed by atoms with Gasteiger partial charge in [0, 0.05) is 45.8 Å². The number of rotatable bonds is 2. The first kappa shape index (κ1) is 15.3. The molecule has 1 saturated heterocycles. The molecule has 5 heteroatoms. The summed E-state index contributed by atoms with van der Waals surface area (Å²) in [4.78, 5) is 17.2. The van der Waals surface area contributed by atoms with Crippen LogP contribution in [0.25, 0.3) is 10.1 Å². The highest BCUT2D eigenvalue weighted by molar-refractivity contribution is 7.19. The van der Waals surface area contributed by atoms with Crippen LogP contribution in [0.4, 0.5) is 5.69 Å². The molecule has 0 unspecified atom stereocenters. The minimum Gasteiger partial charge on any atom is -0.478 e. The molecule has 2 atom stereocenters. The third-order valence-corrected chi connectivity index (χ3v) is 5.87. The lowest BCUT2D eigenvalue weighted by atomic mass is 10.1. The van der Waals surface area contributed by atoms with Crippen molar-refractivity contribution in [3.63, 3.8) is 0 Å². The molecule has 2 aromatic rings. The van der Waals surface area contributed by atoms with Gasteiger partial charge in [-0.05, 0) is 46.0 Å². The van der Waals surface area contributed by atoms with Gasteiger partial charge >= 0.3 is 5.97 Å². The molecular weight excluding hydrogens is 296 g/mol. The Labute approximate surface area is 135 Å². The Morgan fingerprint density at radius 2 is 1.91 bits per heavy atom. The second-order valence-electron chi connectivity index (χ2n) is 6.29. The Balaban J connectivity index is 2.01. The minimum atomic E-state index is -0.832. The molecule has 1 aliphatic heterocycles. The summed E-state index contributed by atoms with van der Waals surface area (Å²) in [6, 6.07) is 7.20. The minimum absolute atomic E-state index is 0.456. The number of aryl methyl sites for hydroxylation is 1. The molecule has 2 heterocycles. The van der Waals surface area contributed by atoms with Gasteiger partial charge in [-0.15, -0.1) is 11.3 Å². The summed E-state index contributed by atoms with van der Waals surface area (Å²) >= 11 is 1.56. The third-order valence-electron chi connectivity index (χ3n) is 4.79. The monoisotopic (exact) mass is 318 g/mol. The van der Waals surface area contributed by atoms with Gasteiger partial charge in [-0.3, -0.25) is 4.90 Å². The van der Waals surface area contributed by atoms with E-state index in [0.717, 1.165) is 33.7 Å². The fourth-order valence-corrected chi connectivity index (χ4v) is 4.32. The van der Waals surface area contributed by atoms with Gasteiger partial charge in [0.25, 0.3) is 0 Å². The molecule has 3 rings (SSSR count). The summed E-state index contributed by atoms with van der Waals surface area (Å²) in [6.45, 7) is 8.29. The van der Waals surface area contributed by atoms with Crippen molar-refractivity contribution >= 4 is 33.1 Å². The molecule has 22 heavy (non-hydrogen) atoms. The van der Waals surface area contributed by atoms with Crippen molar-refractivity contribution < 1.29 is 9.90 Å². The van der Waals surface area contributed by atoms with Crippen LogP contribution in [0.3, 0.4) is 0 Å². The number of piperazine rings is 1. The Hall–Kier alpha value is -1.59. The normalized spacial score (nSPS) is 23.2. The lowest BCUT2D eigenvalue weighted by molar-refractivity contribution is 0.0699. The number of carboxylic acids is 1. The molecule has 1 aromatic heterocycles. The number of aromatic carboxylic acids is 1. The average Bonchev–Trinajstić information content (AvgIpc) is 2.79. The van der Waals surface area contributed by atoms with Crippen LogP contribution >= 0.6 is 11.3 Å². The van der Waals surface area contributed by atoms with Crippen LogP contribution in [0.2, 0.25) is 0 Å². The predicted octanol–water partition coefficient (Wildman–Crippen LogP) is 3.44. The van der Waals surface area contributed by atoms with Crippen molar-refractivity contribution in [2.45, 2.75) is 32.9 Å². The summed E-state index contributed by atoms with van der Waals surface area (Å²) < 4.78 is 1.05. The van der Waals surface area contributed by atoms with Gasteiger partial charge in [0.2, 0.25) is 0 Å². The van der Waals surface area contributed by atoms with E-state index in [2.05, 4.69) is 42.8 Å². The molecule has 118 valence electrons. The highest BCUT2D eigenvalue weighted by atomic mass is 32.1. The molecule has 0 bridgehead atoms. The predicted molar refractivity (Wildman–Crippen MR) is 92.4 cm³/mol. The average molecular weight is 318 g/mol. The topological polar surface area (TPSA) is 43.8 Å². The number of hydrogen-bond donors (Lipinski definition) is 1. The molecule has 1 aromatic carbocycles. The van der Waals surface area contributed by atoms with Gasteiger partial charge in [0.1, 0.15) is 0 Å². The van der Waals surface area contributed by atoms with Crippen LogP contribution in [0.1, 0.15) is 29.1 Å². The molecule has 1 N–H and O–H groups in total. The number of fused-ring (bicyclic) bond motifs is 1. The van der Waals surface area contributed by atoms with E-state index >= 15 is 0 Å². The molecule has 1 fully saturated rings. The van der Waals surface area contributed by atoms with Crippen LogP contribution in [-0.4, -0.2) is 48.2 Å². The van der Waals surface area contributed by atoms with Gasteiger partial charge in [-0.2, -0.15) is 0 Å². The molecule has 0 amide bonds. The first-order chi connectivity index (χ1) is 10.4. The van der Waals surface area contributed by atoms with Crippen LogP contribution in [-0.2, 0) is 0 Å². The zero-order valence-electron chi connectivity index (χ0n) is 13.5. The van der Waals surface area contributed by atoms with E-state index in [1.165, 1.54) is 0 Å². The molecule has 0 saturated carbocycles. The van der Waals surface area contributed by atoms with Gasteiger partial charge < -0.3 is 10.0 Å². The maximum Gasteiger partial charge on any atom is 0.337 e. The van der Waals surface area contributed by atoms with Crippen molar-refractivity contribution in [2.24, 2.45) is 0 Å². The van der Waals surface area contributed by atoms with Crippen LogP contribution in [0, 0.1) is 6.92 Å². The van der Waals surface area contributed by atoms with Crippen LogP contribution < -0.4 is 4.90 Å². The summed E-state index contributed by atoms with van der Waals surface area (Å²) in [7, 11) is 2.17. The van der Waals surface area contributed by atoms with Crippen LogP contribution in [0.5, 0.6) is 0 Å². The molecule has 4 nitrogen and oxygen atoms in total. The number of benzene rings is 1. The SMILES string of the molecule is Cc1sc2ccc(N3C[C@@H](C)N(C)[C@@H](C)C3)cc2c1C(=O)O. The Morgan fingerprint density at radius 1 is 1.27 bits per heavy atom. The Bertz CT molecular complexity index is 713. The number of likely N-dealkylation sites (N-methyl/N-ethyl adjacent to an activating group) is 1. The number of thiophene rings is 1. The molecule has 1 aliphatic rings. The number of carboxylic acid groups (broad SMARTS) is 1. The number of nitrogens with zero attached hydrogens (tertiary/aromatic N) is 2. The van der Waals surface area contributed by atoms with Gasteiger partial charge in [-0.25, -0.2) is 4.79 Å². The zero-order valence-corrected chi connectivity index (χ0v) is 14.3. The van der Waals surface area contributed by atoms with Gasteiger partial charge in [0.05, 0.1) is 5.56 Å². The van der Waals surface area contributed by atoms with Crippen LogP contribution in [0.15, 0.2) is 18.2 Å². The van der Waals surface area contributed by atoms with E-state index in [0.29, 0.717) is 17.6 Å². The van der Waals surface area contributed by atoms with Crippen molar-refractivity contribution in [1.82, 2.24) is 4.90 Å². The number of anilines is 1. The molecule has 0 spiro atoms. The van der Waals surface area contributed by atoms with E-state index in [1.54, 1.807) is 11.3 Å². The van der Waals surface area contributed by atoms with E-state index in [-0.39, 0.29) is 0 Å². The van der Waals surface area contributed by atoms with Crippen molar-refractivity contribution in [3.8, 4) is 0 Å². The van der Waals surface area contributed by atoms with Gasteiger partial charge in [0.15, 0.2) is 0 Å². The van der Waals surface area contributed by atoms with Crippen molar-refractivity contribution in [1.29, 1.82) is 0 Å². The van der Waals surface area contributed by atoms with E-state index in [9.17, 15) is 9.90 Å². The lowest BCUT2D eigenvalue weighted by Crippen LogP contribution is -2.55. The summed E-state index contributed by atoms with van der Waals surface area (Å²) in [5.74, 6) is -0.832. The van der Waals surface area contributed by atoms with E-state index < -0.39 is 5.97 Å². The number of hydrogen-bond acceptors (Lipinski definition) is 4. The summed E-state index contributed by atoms with van der Waals surface area (Å²) in [5, 5.41) is 10.3. The fourth-order valence-electron chi connectivity index (χ4n) is 3.29. The molecule has 0 radical (unpaired) electrons. The Morgan fingerprint density at radius 3 is 2.50 bits per heavy atom. The number of carbonyl (C=O) groups is 1. The smallest absolute Gasteiger partial charge is 0.337 e. The maximum absolute atomic E-state index is 11.5. The van der Waals surface area contributed by atoms with E-state index in [1.807, 2.05) is 13.0 Å². The largest absolute Gasteiger partial charge is 0.478 e. The van der Waals surface area contributed by atoms with Crippen molar-refractivity contribution in [2.75, 3.05) is 25.0 Å². The quantitative estimate of drug-likeness (QED) is 0.921.